The van der Waals surface area contributed by atoms with E-state index in [1.807, 2.05) is 12.1 Å². The zero-order chi connectivity index (χ0) is 25.5. The molecule has 3 aliphatic rings. The molecule has 0 amide bonds. The van der Waals surface area contributed by atoms with E-state index in [-0.39, 0.29) is 11.5 Å². The fourth-order valence-corrected chi connectivity index (χ4v) is 6.98. The van der Waals surface area contributed by atoms with Crippen LogP contribution in [0.2, 0.25) is 5.02 Å². The number of fused-ring (bicyclic) bond motifs is 5. The number of aromatic carboxylic acids is 1. The van der Waals surface area contributed by atoms with Crippen LogP contribution in [0.1, 0.15) is 65.9 Å². The summed E-state index contributed by atoms with van der Waals surface area (Å²) in [6.45, 7) is 6.76. The molecule has 0 unspecified atom stereocenters. The zero-order valence-electron chi connectivity index (χ0n) is 21.3. The Bertz CT molecular complexity index is 1320. The van der Waals surface area contributed by atoms with E-state index in [2.05, 4.69) is 26.5 Å². The van der Waals surface area contributed by atoms with Crippen LogP contribution in [0.3, 0.4) is 0 Å². The van der Waals surface area contributed by atoms with Crippen molar-refractivity contribution in [2.75, 3.05) is 32.7 Å². The summed E-state index contributed by atoms with van der Waals surface area (Å²) >= 11 is 6.51. The highest BCUT2D eigenvalue weighted by molar-refractivity contribution is 6.30. The number of nitrogens with zero attached hydrogens (tertiary/aromatic N) is 3. The van der Waals surface area contributed by atoms with Crippen LogP contribution in [-0.4, -0.2) is 64.3 Å². The monoisotopic (exact) mass is 523 g/mol. The van der Waals surface area contributed by atoms with Crippen LogP contribution in [0.15, 0.2) is 36.4 Å². The highest BCUT2D eigenvalue weighted by Gasteiger charge is 2.34. The minimum Gasteiger partial charge on any atom is -0.478 e. The fourth-order valence-electron chi connectivity index (χ4n) is 6.78. The average molecular weight is 524 g/mol. The minimum absolute atomic E-state index is 0.183. The number of rotatable bonds is 5. The van der Waals surface area contributed by atoms with Gasteiger partial charge in [-0.2, -0.15) is 0 Å². The van der Waals surface area contributed by atoms with Gasteiger partial charge < -0.3 is 14.6 Å². The number of hydrogen-bond donors (Lipinski definition) is 1. The summed E-state index contributed by atoms with van der Waals surface area (Å²) in [4.78, 5) is 16.9. The smallest absolute Gasteiger partial charge is 0.335 e. The standard InChI is InChI=1S/C30H35ClFN3O2/c31-22-8-10-23-21(17-22)19-34(14-13-33-11-3-4-12-33)15-16-35-27-18-20(30(36)37)7-9-25(27)28(29(23)35)24-5-1-2-6-26(24)32/h7-10,17-18,24,26H,1-6,11-16,19H2,(H,36,37)/t24-,26-/m1/s1. The van der Waals surface area contributed by atoms with Crippen molar-refractivity contribution in [2.24, 2.45) is 0 Å². The van der Waals surface area contributed by atoms with Crippen LogP contribution in [-0.2, 0) is 13.1 Å². The molecule has 0 radical (unpaired) electrons. The van der Waals surface area contributed by atoms with Crippen molar-refractivity contribution in [3.05, 3.63) is 58.1 Å². The summed E-state index contributed by atoms with van der Waals surface area (Å²) in [5, 5.41) is 11.4. The molecule has 0 bridgehead atoms. The number of hydrogen-bond acceptors (Lipinski definition) is 3. The van der Waals surface area contributed by atoms with E-state index in [1.165, 1.54) is 25.9 Å². The maximum Gasteiger partial charge on any atom is 0.335 e. The molecule has 2 aliphatic heterocycles. The van der Waals surface area contributed by atoms with E-state index in [1.54, 1.807) is 12.1 Å². The van der Waals surface area contributed by atoms with Gasteiger partial charge in [-0.3, -0.25) is 4.90 Å². The van der Waals surface area contributed by atoms with Gasteiger partial charge >= 0.3 is 5.97 Å². The number of halogens is 2. The highest BCUT2D eigenvalue weighted by Crippen LogP contribution is 2.46. The molecule has 2 aromatic carbocycles. The second-order valence-electron chi connectivity index (χ2n) is 11.0. The minimum atomic E-state index is -0.940. The highest BCUT2D eigenvalue weighted by atomic mass is 35.5. The Kier molecular flexibility index (Phi) is 6.99. The summed E-state index contributed by atoms with van der Waals surface area (Å²) in [7, 11) is 0. The lowest BCUT2D eigenvalue weighted by Crippen LogP contribution is -2.36. The third-order valence-corrected chi connectivity index (χ3v) is 8.93. The number of aromatic nitrogens is 1. The molecule has 1 aliphatic carbocycles. The van der Waals surface area contributed by atoms with Gasteiger partial charge in [0.2, 0.25) is 0 Å². The van der Waals surface area contributed by atoms with Crippen molar-refractivity contribution < 1.29 is 14.3 Å². The van der Waals surface area contributed by atoms with Crippen molar-refractivity contribution in [3.63, 3.8) is 0 Å². The normalized spacial score (nSPS) is 23.0. The molecule has 1 saturated carbocycles. The van der Waals surface area contributed by atoms with Gasteiger partial charge in [-0.15, -0.1) is 0 Å². The molecule has 1 aromatic heterocycles. The molecule has 0 spiro atoms. The van der Waals surface area contributed by atoms with Gasteiger partial charge in [-0.25, -0.2) is 9.18 Å². The summed E-state index contributed by atoms with van der Waals surface area (Å²) in [6, 6.07) is 11.4. The topological polar surface area (TPSA) is 48.7 Å². The number of carboxylic acids is 1. The van der Waals surface area contributed by atoms with Crippen LogP contribution < -0.4 is 0 Å². The largest absolute Gasteiger partial charge is 0.478 e. The lowest BCUT2D eigenvalue weighted by Gasteiger charge is -2.31. The van der Waals surface area contributed by atoms with Gasteiger partial charge in [0.05, 0.1) is 11.3 Å². The SMILES string of the molecule is O=C(O)c1ccc2c([C@@H]3CCCC[C@H]3F)c3n(c2c1)CCN(CCN1CCCC1)Cc1cc(Cl)ccc1-3. The summed E-state index contributed by atoms with van der Waals surface area (Å²) in [6.07, 6.45) is 5.02. The van der Waals surface area contributed by atoms with Gasteiger partial charge in [0, 0.05) is 60.1 Å². The van der Waals surface area contributed by atoms with Crippen LogP contribution >= 0.6 is 11.6 Å². The Labute approximate surface area is 222 Å². The first kappa shape index (κ1) is 24.9. The predicted molar refractivity (Wildman–Crippen MR) is 146 cm³/mol. The van der Waals surface area contributed by atoms with E-state index in [0.29, 0.717) is 11.4 Å². The summed E-state index contributed by atoms with van der Waals surface area (Å²) in [5.74, 6) is -1.12. The van der Waals surface area contributed by atoms with E-state index in [9.17, 15) is 9.90 Å². The van der Waals surface area contributed by atoms with Crippen molar-refractivity contribution in [2.45, 2.75) is 63.7 Å². The van der Waals surface area contributed by atoms with E-state index in [0.717, 1.165) is 85.3 Å². The fraction of sp³-hybridized carbons (Fsp3) is 0.500. The van der Waals surface area contributed by atoms with Crippen LogP contribution in [0.5, 0.6) is 0 Å². The van der Waals surface area contributed by atoms with Gasteiger partial charge in [0.15, 0.2) is 0 Å². The van der Waals surface area contributed by atoms with Gasteiger partial charge in [-0.05, 0) is 74.2 Å². The first-order chi connectivity index (χ1) is 18.0. The van der Waals surface area contributed by atoms with Gasteiger partial charge in [-0.1, -0.05) is 36.6 Å². The van der Waals surface area contributed by atoms with Gasteiger partial charge in [0.25, 0.3) is 0 Å². The first-order valence-electron chi connectivity index (χ1n) is 13.8. The second kappa shape index (κ2) is 10.4. The number of alkyl halides is 1. The molecule has 7 heteroatoms. The molecule has 5 nitrogen and oxygen atoms in total. The van der Waals surface area contributed by atoms with Crippen LogP contribution in [0.4, 0.5) is 4.39 Å². The van der Waals surface area contributed by atoms with Gasteiger partial charge in [0.1, 0.15) is 6.17 Å². The summed E-state index contributed by atoms with van der Waals surface area (Å²) in [5.41, 5.74) is 5.51. The number of carboxylic acid groups (broad SMARTS) is 1. The maximum absolute atomic E-state index is 15.5. The molecule has 1 saturated heterocycles. The lowest BCUT2D eigenvalue weighted by molar-refractivity contribution is 0.0697. The molecule has 3 heterocycles. The van der Waals surface area contributed by atoms with Crippen molar-refractivity contribution in [1.29, 1.82) is 0 Å². The molecular weight excluding hydrogens is 489 g/mol. The Balaban J connectivity index is 1.50. The number of likely N-dealkylation sites (tertiary alicyclic amines) is 1. The molecule has 6 rings (SSSR count). The Morgan fingerprint density at radius 1 is 0.946 bits per heavy atom. The lowest BCUT2D eigenvalue weighted by atomic mass is 9.80. The third kappa shape index (κ3) is 4.80. The molecule has 196 valence electrons. The number of carbonyl (C=O) groups is 1. The van der Waals surface area contributed by atoms with Crippen LogP contribution in [0, 0.1) is 0 Å². The number of benzene rings is 2. The summed E-state index contributed by atoms with van der Waals surface area (Å²) < 4.78 is 17.8. The van der Waals surface area contributed by atoms with E-state index < -0.39 is 12.1 Å². The van der Waals surface area contributed by atoms with Crippen LogP contribution in [0.25, 0.3) is 22.2 Å². The third-order valence-electron chi connectivity index (χ3n) is 8.69. The second-order valence-corrected chi connectivity index (χ2v) is 11.4. The Morgan fingerprint density at radius 2 is 1.73 bits per heavy atom. The Hall–Kier alpha value is -2.41. The zero-order valence-corrected chi connectivity index (χ0v) is 22.0. The predicted octanol–water partition coefficient (Wildman–Crippen LogP) is 6.57. The molecule has 2 fully saturated rings. The van der Waals surface area contributed by atoms with Crippen molar-refractivity contribution >= 4 is 28.5 Å². The maximum atomic E-state index is 15.5. The molecule has 3 aromatic rings. The van der Waals surface area contributed by atoms with E-state index >= 15 is 4.39 Å². The average Bonchev–Trinajstić information content (AvgIpc) is 3.50. The molecular formula is C30H35ClFN3O2. The Morgan fingerprint density at radius 3 is 2.51 bits per heavy atom. The molecule has 37 heavy (non-hydrogen) atoms. The molecule has 2 atom stereocenters. The first-order valence-corrected chi connectivity index (χ1v) is 14.1. The molecule has 1 N–H and O–H groups in total. The van der Waals surface area contributed by atoms with E-state index in [4.69, 9.17) is 11.6 Å². The van der Waals surface area contributed by atoms with Crippen molar-refractivity contribution in [3.8, 4) is 11.3 Å². The quantitative estimate of drug-likeness (QED) is 0.411. The van der Waals surface area contributed by atoms with Crippen molar-refractivity contribution in [1.82, 2.24) is 14.4 Å².